The van der Waals surface area contributed by atoms with Gasteiger partial charge in [-0.3, -0.25) is 4.79 Å². The zero-order valence-electron chi connectivity index (χ0n) is 9.43. The first kappa shape index (κ1) is 12.4. The van der Waals surface area contributed by atoms with Crippen molar-refractivity contribution in [3.63, 3.8) is 0 Å². The minimum Gasteiger partial charge on any atom is -0.480 e. The minimum atomic E-state index is -0.879. The van der Waals surface area contributed by atoms with Crippen molar-refractivity contribution in [2.45, 2.75) is 26.5 Å². The van der Waals surface area contributed by atoms with Gasteiger partial charge in [-0.05, 0) is 19.9 Å². The molecular weight excluding hydrogens is 208 g/mol. The number of pyridine rings is 1. The number of hydrogen-bond donors (Lipinski definition) is 2. The fourth-order valence-electron chi connectivity index (χ4n) is 1.19. The maximum absolute atomic E-state index is 10.3. The molecule has 1 aromatic rings. The Hall–Kier alpha value is -1.62. The van der Waals surface area contributed by atoms with E-state index in [0.29, 0.717) is 12.4 Å². The molecule has 0 aliphatic heterocycles. The largest absolute Gasteiger partial charge is 0.480 e. The fourth-order valence-corrected chi connectivity index (χ4v) is 1.19. The van der Waals surface area contributed by atoms with Crippen LogP contribution in [-0.2, 0) is 11.3 Å². The molecule has 16 heavy (non-hydrogen) atoms. The Morgan fingerprint density at radius 2 is 2.38 bits per heavy atom. The molecule has 0 fully saturated rings. The number of carboxylic acid groups (broad SMARTS) is 1. The average molecular weight is 224 g/mol. The molecule has 5 nitrogen and oxygen atoms in total. The predicted molar refractivity (Wildman–Crippen MR) is 59.3 cm³/mol. The standard InChI is InChI=1S/C11H16N2O3/c1-8(2)16-11-9(4-3-5-13-11)6-12-7-10(14)15/h3-5,8,12H,6-7H2,1-2H3,(H,14,15). The van der Waals surface area contributed by atoms with E-state index >= 15 is 0 Å². The average Bonchev–Trinajstić information content (AvgIpc) is 2.19. The van der Waals surface area contributed by atoms with Crippen LogP contribution in [0.15, 0.2) is 18.3 Å². The summed E-state index contributed by atoms with van der Waals surface area (Å²) < 4.78 is 5.50. The first-order valence-corrected chi connectivity index (χ1v) is 5.12. The van der Waals surface area contributed by atoms with E-state index < -0.39 is 5.97 Å². The van der Waals surface area contributed by atoms with Crippen molar-refractivity contribution in [3.05, 3.63) is 23.9 Å². The van der Waals surface area contributed by atoms with E-state index in [-0.39, 0.29) is 12.6 Å². The lowest BCUT2D eigenvalue weighted by Gasteiger charge is -2.12. The number of rotatable bonds is 6. The van der Waals surface area contributed by atoms with E-state index in [1.54, 1.807) is 12.3 Å². The molecule has 1 heterocycles. The van der Waals surface area contributed by atoms with Gasteiger partial charge in [0, 0.05) is 18.3 Å². The molecule has 0 aliphatic carbocycles. The highest BCUT2D eigenvalue weighted by molar-refractivity contribution is 5.69. The molecule has 0 saturated heterocycles. The zero-order chi connectivity index (χ0) is 12.0. The van der Waals surface area contributed by atoms with Gasteiger partial charge in [-0.2, -0.15) is 0 Å². The number of ether oxygens (including phenoxy) is 1. The third-order valence-corrected chi connectivity index (χ3v) is 1.79. The molecule has 0 spiro atoms. The summed E-state index contributed by atoms with van der Waals surface area (Å²) in [6, 6.07) is 3.66. The lowest BCUT2D eigenvalue weighted by Crippen LogP contribution is -2.22. The maximum Gasteiger partial charge on any atom is 0.317 e. The summed E-state index contributed by atoms with van der Waals surface area (Å²) in [5, 5.41) is 11.3. The highest BCUT2D eigenvalue weighted by Crippen LogP contribution is 2.15. The molecule has 0 unspecified atom stereocenters. The Labute approximate surface area is 94.5 Å². The quantitative estimate of drug-likeness (QED) is 0.755. The summed E-state index contributed by atoms with van der Waals surface area (Å²) in [6.07, 6.45) is 1.70. The topological polar surface area (TPSA) is 71.5 Å². The Kier molecular flexibility index (Phi) is 4.72. The molecule has 0 bridgehead atoms. The molecule has 1 rings (SSSR count). The van der Waals surface area contributed by atoms with E-state index in [1.165, 1.54) is 0 Å². The van der Waals surface area contributed by atoms with Crippen molar-refractivity contribution in [3.8, 4) is 5.88 Å². The van der Waals surface area contributed by atoms with Crippen LogP contribution in [0, 0.1) is 0 Å². The highest BCUT2D eigenvalue weighted by atomic mass is 16.5. The summed E-state index contributed by atoms with van der Waals surface area (Å²) in [5.74, 6) is -0.328. The SMILES string of the molecule is CC(C)Oc1ncccc1CNCC(=O)O. The van der Waals surface area contributed by atoms with Crippen LogP contribution in [0.3, 0.4) is 0 Å². The van der Waals surface area contributed by atoms with Crippen LogP contribution in [0.1, 0.15) is 19.4 Å². The van der Waals surface area contributed by atoms with Crippen LogP contribution < -0.4 is 10.1 Å². The van der Waals surface area contributed by atoms with Gasteiger partial charge in [0.2, 0.25) is 5.88 Å². The number of carbonyl (C=O) groups is 1. The maximum atomic E-state index is 10.3. The molecule has 0 aromatic carbocycles. The number of aliphatic carboxylic acids is 1. The van der Waals surface area contributed by atoms with Gasteiger partial charge in [0.05, 0.1) is 12.6 Å². The normalized spacial score (nSPS) is 10.4. The molecule has 0 amide bonds. The third-order valence-electron chi connectivity index (χ3n) is 1.79. The summed E-state index contributed by atoms with van der Waals surface area (Å²) in [7, 11) is 0. The number of carboxylic acids is 1. The van der Waals surface area contributed by atoms with Crippen molar-refractivity contribution >= 4 is 5.97 Å². The second-order valence-corrected chi connectivity index (χ2v) is 3.63. The zero-order valence-corrected chi connectivity index (χ0v) is 9.43. The van der Waals surface area contributed by atoms with Gasteiger partial charge >= 0.3 is 5.97 Å². The second-order valence-electron chi connectivity index (χ2n) is 3.63. The van der Waals surface area contributed by atoms with Crippen LogP contribution in [0.4, 0.5) is 0 Å². The molecule has 0 aliphatic rings. The summed E-state index contributed by atoms with van der Waals surface area (Å²) >= 11 is 0. The van der Waals surface area contributed by atoms with Crippen LogP contribution in [-0.4, -0.2) is 28.7 Å². The molecule has 0 radical (unpaired) electrons. The van der Waals surface area contributed by atoms with Gasteiger partial charge in [-0.25, -0.2) is 4.98 Å². The lowest BCUT2D eigenvalue weighted by atomic mass is 10.2. The summed E-state index contributed by atoms with van der Waals surface area (Å²) in [5.41, 5.74) is 0.859. The summed E-state index contributed by atoms with van der Waals surface area (Å²) in [4.78, 5) is 14.4. The molecule has 88 valence electrons. The van der Waals surface area contributed by atoms with Gasteiger partial charge in [0.15, 0.2) is 0 Å². The molecule has 0 saturated carbocycles. The van der Waals surface area contributed by atoms with Gasteiger partial charge in [-0.1, -0.05) is 6.07 Å². The van der Waals surface area contributed by atoms with Crippen molar-refractivity contribution in [1.29, 1.82) is 0 Å². The van der Waals surface area contributed by atoms with E-state index in [1.807, 2.05) is 19.9 Å². The van der Waals surface area contributed by atoms with E-state index in [0.717, 1.165) is 5.56 Å². The molecule has 1 aromatic heterocycles. The smallest absolute Gasteiger partial charge is 0.317 e. The summed E-state index contributed by atoms with van der Waals surface area (Å²) in [6.45, 7) is 4.20. The predicted octanol–water partition coefficient (Wildman–Crippen LogP) is 1.04. The van der Waals surface area contributed by atoms with Crippen molar-refractivity contribution in [2.75, 3.05) is 6.54 Å². The van der Waals surface area contributed by atoms with Gasteiger partial charge in [-0.15, -0.1) is 0 Å². The Balaban J connectivity index is 2.60. The molecular formula is C11H16N2O3. The Morgan fingerprint density at radius 1 is 1.62 bits per heavy atom. The number of hydrogen-bond acceptors (Lipinski definition) is 4. The molecule has 2 N–H and O–H groups in total. The van der Waals surface area contributed by atoms with E-state index in [2.05, 4.69) is 10.3 Å². The first-order chi connectivity index (χ1) is 7.59. The number of nitrogens with zero attached hydrogens (tertiary/aromatic N) is 1. The van der Waals surface area contributed by atoms with Gasteiger partial charge in [0.25, 0.3) is 0 Å². The minimum absolute atomic E-state index is 0.0492. The monoisotopic (exact) mass is 224 g/mol. The van der Waals surface area contributed by atoms with E-state index in [4.69, 9.17) is 9.84 Å². The van der Waals surface area contributed by atoms with Crippen LogP contribution in [0.2, 0.25) is 0 Å². The van der Waals surface area contributed by atoms with Crippen molar-refractivity contribution < 1.29 is 14.6 Å². The third kappa shape index (κ3) is 4.27. The Morgan fingerprint density at radius 3 is 3.00 bits per heavy atom. The number of aromatic nitrogens is 1. The number of nitrogens with one attached hydrogen (secondary N) is 1. The van der Waals surface area contributed by atoms with Crippen LogP contribution in [0.5, 0.6) is 5.88 Å². The molecule has 0 atom stereocenters. The van der Waals surface area contributed by atoms with Gasteiger partial charge < -0.3 is 15.2 Å². The van der Waals surface area contributed by atoms with Crippen LogP contribution >= 0.6 is 0 Å². The molecule has 5 heteroatoms. The second kappa shape index (κ2) is 6.07. The van der Waals surface area contributed by atoms with Crippen molar-refractivity contribution in [2.24, 2.45) is 0 Å². The van der Waals surface area contributed by atoms with Crippen molar-refractivity contribution in [1.82, 2.24) is 10.3 Å². The lowest BCUT2D eigenvalue weighted by molar-refractivity contribution is -0.136. The van der Waals surface area contributed by atoms with Crippen LogP contribution in [0.25, 0.3) is 0 Å². The fraction of sp³-hybridized carbons (Fsp3) is 0.455. The van der Waals surface area contributed by atoms with Gasteiger partial charge in [0.1, 0.15) is 0 Å². The first-order valence-electron chi connectivity index (χ1n) is 5.12. The highest BCUT2D eigenvalue weighted by Gasteiger charge is 2.06. The Bertz CT molecular complexity index is 353. The van der Waals surface area contributed by atoms with E-state index in [9.17, 15) is 4.79 Å².